The van der Waals surface area contributed by atoms with Crippen molar-refractivity contribution in [3.63, 3.8) is 0 Å². The Balaban J connectivity index is 1.81. The summed E-state index contributed by atoms with van der Waals surface area (Å²) in [7, 11) is 0. The van der Waals surface area contributed by atoms with Crippen LogP contribution < -0.4 is 5.32 Å². The Labute approximate surface area is 112 Å². The van der Waals surface area contributed by atoms with Gasteiger partial charge in [-0.3, -0.25) is 0 Å². The van der Waals surface area contributed by atoms with Gasteiger partial charge in [-0.25, -0.2) is 0 Å². The maximum absolute atomic E-state index is 5.95. The molecule has 2 nitrogen and oxygen atoms in total. The van der Waals surface area contributed by atoms with Crippen molar-refractivity contribution in [3.05, 3.63) is 21.3 Å². The van der Waals surface area contributed by atoms with Gasteiger partial charge in [-0.05, 0) is 42.7 Å². The van der Waals surface area contributed by atoms with Crippen molar-refractivity contribution >= 4 is 22.9 Å². The quantitative estimate of drug-likeness (QED) is 0.879. The third-order valence-electron chi connectivity index (χ3n) is 3.52. The summed E-state index contributed by atoms with van der Waals surface area (Å²) in [6, 6.07) is 2.42. The van der Waals surface area contributed by atoms with Crippen LogP contribution in [0.2, 0.25) is 4.34 Å². The zero-order chi connectivity index (χ0) is 12.3. The minimum absolute atomic E-state index is 0.372. The van der Waals surface area contributed by atoms with Gasteiger partial charge in [0.1, 0.15) is 0 Å². The molecule has 1 aromatic heterocycles. The molecule has 17 heavy (non-hydrogen) atoms. The molecule has 0 amide bonds. The van der Waals surface area contributed by atoms with Gasteiger partial charge in [0.25, 0.3) is 0 Å². The summed E-state index contributed by atoms with van der Waals surface area (Å²) >= 11 is 7.54. The van der Waals surface area contributed by atoms with E-state index in [0.717, 1.165) is 23.9 Å². The van der Waals surface area contributed by atoms with Crippen molar-refractivity contribution in [3.8, 4) is 0 Å². The number of hydrogen-bond acceptors (Lipinski definition) is 3. The Kier molecular flexibility index (Phi) is 4.86. The van der Waals surface area contributed by atoms with Gasteiger partial charge in [-0.1, -0.05) is 18.5 Å². The van der Waals surface area contributed by atoms with Gasteiger partial charge in [0, 0.05) is 19.2 Å². The molecule has 2 heterocycles. The summed E-state index contributed by atoms with van der Waals surface area (Å²) in [6.45, 7) is 6.34. The monoisotopic (exact) mass is 273 g/mol. The molecule has 1 fully saturated rings. The summed E-state index contributed by atoms with van der Waals surface area (Å²) in [6.07, 6.45) is 2.74. The maximum Gasteiger partial charge on any atom is 0.0931 e. The second kappa shape index (κ2) is 6.19. The van der Waals surface area contributed by atoms with Gasteiger partial charge in [-0.15, -0.1) is 11.3 Å². The van der Waals surface area contributed by atoms with E-state index >= 15 is 0 Å². The molecule has 0 bridgehead atoms. The molecule has 3 atom stereocenters. The van der Waals surface area contributed by atoms with Crippen LogP contribution in [0.15, 0.2) is 11.4 Å². The first kappa shape index (κ1) is 13.3. The number of hydrogen-bond donors (Lipinski definition) is 1. The molecule has 4 heteroatoms. The minimum atomic E-state index is 0.372. The highest BCUT2D eigenvalue weighted by Gasteiger charge is 2.26. The van der Waals surface area contributed by atoms with E-state index in [4.69, 9.17) is 16.3 Å². The lowest BCUT2D eigenvalue weighted by molar-refractivity contribution is 0.0867. The molecule has 1 aliphatic heterocycles. The summed E-state index contributed by atoms with van der Waals surface area (Å²) in [5.41, 5.74) is 1.28. The van der Waals surface area contributed by atoms with E-state index in [2.05, 4.69) is 24.5 Å². The molecule has 1 N–H and O–H groups in total. The van der Waals surface area contributed by atoms with Gasteiger partial charge < -0.3 is 10.1 Å². The molecule has 0 aromatic carbocycles. The van der Waals surface area contributed by atoms with Gasteiger partial charge in [0.2, 0.25) is 0 Å². The Morgan fingerprint density at radius 2 is 2.47 bits per heavy atom. The lowest BCUT2D eigenvalue weighted by atomic mass is 9.99. The summed E-state index contributed by atoms with van der Waals surface area (Å²) in [5.74, 6) is 0.663. The highest BCUT2D eigenvalue weighted by Crippen LogP contribution is 2.26. The van der Waals surface area contributed by atoms with Crippen LogP contribution >= 0.6 is 22.9 Å². The van der Waals surface area contributed by atoms with E-state index in [1.165, 1.54) is 12.0 Å². The Morgan fingerprint density at radius 3 is 3.12 bits per heavy atom. The van der Waals surface area contributed by atoms with Crippen molar-refractivity contribution in [2.24, 2.45) is 5.92 Å². The van der Waals surface area contributed by atoms with Gasteiger partial charge in [0.15, 0.2) is 0 Å². The normalized spacial score (nSPS) is 26.3. The molecule has 3 unspecified atom stereocenters. The SMILES string of the molecule is CCC1OCCC1CNC(C)c1csc(Cl)c1. The van der Waals surface area contributed by atoms with Crippen LogP contribution in [0.3, 0.4) is 0 Å². The first-order chi connectivity index (χ1) is 8.20. The van der Waals surface area contributed by atoms with Crippen LogP contribution in [0.25, 0.3) is 0 Å². The van der Waals surface area contributed by atoms with E-state index in [9.17, 15) is 0 Å². The van der Waals surface area contributed by atoms with Crippen LogP contribution in [-0.2, 0) is 4.74 Å². The predicted molar refractivity (Wildman–Crippen MR) is 73.9 cm³/mol. The van der Waals surface area contributed by atoms with E-state index in [1.807, 2.05) is 6.07 Å². The largest absolute Gasteiger partial charge is 0.378 e. The maximum atomic E-state index is 5.95. The predicted octanol–water partition coefficient (Wildman–Crippen LogP) is 3.87. The molecular weight excluding hydrogens is 254 g/mol. The summed E-state index contributed by atoms with van der Waals surface area (Å²) < 4.78 is 6.56. The fourth-order valence-electron chi connectivity index (χ4n) is 2.37. The number of rotatable bonds is 5. The van der Waals surface area contributed by atoms with Gasteiger partial charge in [-0.2, -0.15) is 0 Å². The molecule has 0 saturated carbocycles. The molecule has 0 aliphatic carbocycles. The summed E-state index contributed by atoms with van der Waals surface area (Å²) in [4.78, 5) is 0. The van der Waals surface area contributed by atoms with Gasteiger partial charge >= 0.3 is 0 Å². The second-order valence-electron chi connectivity index (χ2n) is 4.68. The number of thiophene rings is 1. The van der Waals surface area contributed by atoms with Crippen LogP contribution in [0.5, 0.6) is 0 Å². The number of ether oxygens (including phenoxy) is 1. The molecule has 0 spiro atoms. The highest BCUT2D eigenvalue weighted by molar-refractivity contribution is 7.14. The third kappa shape index (κ3) is 3.44. The molecular formula is C13H20ClNOS. The van der Waals surface area contributed by atoms with Gasteiger partial charge in [0.05, 0.1) is 10.4 Å². The zero-order valence-electron chi connectivity index (χ0n) is 10.4. The van der Waals surface area contributed by atoms with Crippen molar-refractivity contribution in [1.29, 1.82) is 0 Å². The molecule has 0 radical (unpaired) electrons. The average Bonchev–Trinajstić information content (AvgIpc) is 2.94. The van der Waals surface area contributed by atoms with Crippen LogP contribution in [0.4, 0.5) is 0 Å². The second-order valence-corrected chi connectivity index (χ2v) is 6.22. The van der Waals surface area contributed by atoms with Crippen molar-refractivity contribution in [2.45, 2.75) is 38.8 Å². The van der Waals surface area contributed by atoms with E-state index in [0.29, 0.717) is 18.1 Å². The first-order valence-corrected chi connectivity index (χ1v) is 7.55. The third-order valence-corrected chi connectivity index (χ3v) is 4.63. The Morgan fingerprint density at radius 1 is 1.65 bits per heavy atom. The molecule has 1 saturated heterocycles. The number of nitrogens with one attached hydrogen (secondary N) is 1. The van der Waals surface area contributed by atoms with Crippen LogP contribution in [-0.4, -0.2) is 19.3 Å². The first-order valence-electron chi connectivity index (χ1n) is 6.29. The minimum Gasteiger partial charge on any atom is -0.378 e. The standard InChI is InChI=1S/C13H20ClNOS/c1-3-12-10(4-5-16-12)7-15-9(2)11-6-13(14)17-8-11/h6,8-10,12,15H,3-5,7H2,1-2H3. The van der Waals surface area contributed by atoms with E-state index < -0.39 is 0 Å². The summed E-state index contributed by atoms with van der Waals surface area (Å²) in [5, 5.41) is 5.71. The fourth-order valence-corrected chi connectivity index (χ4v) is 3.36. The van der Waals surface area contributed by atoms with Crippen LogP contribution in [0, 0.1) is 5.92 Å². The van der Waals surface area contributed by atoms with Crippen molar-refractivity contribution < 1.29 is 4.74 Å². The Bertz CT molecular complexity index is 355. The molecule has 1 aromatic rings. The topological polar surface area (TPSA) is 21.3 Å². The number of halogens is 1. The van der Waals surface area contributed by atoms with Crippen molar-refractivity contribution in [1.82, 2.24) is 5.32 Å². The average molecular weight is 274 g/mol. The lowest BCUT2D eigenvalue weighted by Gasteiger charge is -2.20. The molecule has 1 aliphatic rings. The highest BCUT2D eigenvalue weighted by atomic mass is 35.5. The van der Waals surface area contributed by atoms with Crippen molar-refractivity contribution in [2.75, 3.05) is 13.2 Å². The van der Waals surface area contributed by atoms with Crippen LogP contribution in [0.1, 0.15) is 38.3 Å². The molecule has 2 rings (SSSR count). The zero-order valence-corrected chi connectivity index (χ0v) is 12.0. The molecule has 96 valence electrons. The van der Waals surface area contributed by atoms with E-state index in [1.54, 1.807) is 11.3 Å². The Hall–Kier alpha value is -0.0900. The smallest absolute Gasteiger partial charge is 0.0931 e. The lowest BCUT2D eigenvalue weighted by Crippen LogP contribution is -2.29. The van der Waals surface area contributed by atoms with E-state index in [-0.39, 0.29) is 0 Å². The fraction of sp³-hybridized carbons (Fsp3) is 0.692.